The number of carbonyl (C=O) groups is 2. The summed E-state index contributed by atoms with van der Waals surface area (Å²) in [7, 11) is 3.14. The summed E-state index contributed by atoms with van der Waals surface area (Å²) in [5, 5.41) is 3.27. The second-order valence-electron chi connectivity index (χ2n) is 7.71. The number of halogens is 1. The van der Waals surface area contributed by atoms with E-state index >= 15 is 0 Å². The summed E-state index contributed by atoms with van der Waals surface area (Å²) >= 11 is 7.20. The Labute approximate surface area is 213 Å². The number of thioether (sulfide) groups is 1. The Morgan fingerprint density at radius 2 is 1.77 bits per heavy atom. The highest BCUT2D eigenvalue weighted by molar-refractivity contribution is 8.15. The normalized spacial score (nSPS) is 16.8. The molecule has 2 amide bonds. The van der Waals surface area contributed by atoms with Gasteiger partial charge in [0.15, 0.2) is 16.7 Å². The Kier molecular flexibility index (Phi) is 7.94. The molecule has 1 unspecified atom stereocenters. The zero-order chi connectivity index (χ0) is 24.8. The van der Waals surface area contributed by atoms with E-state index in [4.69, 9.17) is 26.1 Å². The average molecular weight is 510 g/mol. The quantitative estimate of drug-likeness (QED) is 0.453. The molecule has 0 aromatic heterocycles. The molecule has 3 aromatic carbocycles. The number of amides is 2. The SMILES string of the molecule is COc1ccc(CN2C(=O)CC(C(=O)Nc3ccc(Cl)cc3)SC2=Nc2ccccc2)cc1OC. The fraction of sp³-hybridized carbons (Fsp3) is 0.192. The van der Waals surface area contributed by atoms with Crippen molar-refractivity contribution in [3.63, 3.8) is 0 Å². The van der Waals surface area contributed by atoms with Gasteiger partial charge in [-0.3, -0.25) is 14.5 Å². The standard InChI is InChI=1S/C26H24ClN3O4S/c1-33-21-13-8-17(14-22(21)34-2)16-30-24(31)15-23(25(32)28-20-11-9-18(27)10-12-20)35-26(30)29-19-6-4-3-5-7-19/h3-14,23H,15-16H2,1-2H3,(H,28,32). The largest absolute Gasteiger partial charge is 0.493 e. The smallest absolute Gasteiger partial charge is 0.238 e. The minimum absolute atomic E-state index is 0.0468. The number of hydrogen-bond donors (Lipinski definition) is 1. The molecule has 1 atom stereocenters. The first-order valence-electron chi connectivity index (χ1n) is 10.8. The average Bonchev–Trinajstić information content (AvgIpc) is 2.87. The highest BCUT2D eigenvalue weighted by Crippen LogP contribution is 2.33. The van der Waals surface area contributed by atoms with Crippen molar-refractivity contribution in [2.75, 3.05) is 19.5 Å². The number of nitrogens with one attached hydrogen (secondary N) is 1. The molecular formula is C26H24ClN3O4S. The summed E-state index contributed by atoms with van der Waals surface area (Å²) < 4.78 is 10.7. The second-order valence-corrected chi connectivity index (χ2v) is 9.31. The van der Waals surface area contributed by atoms with Crippen molar-refractivity contribution in [3.05, 3.63) is 83.4 Å². The van der Waals surface area contributed by atoms with Crippen LogP contribution in [0.3, 0.4) is 0 Å². The van der Waals surface area contributed by atoms with Gasteiger partial charge in [0.2, 0.25) is 11.8 Å². The Balaban J connectivity index is 1.59. The van der Waals surface area contributed by atoms with Gasteiger partial charge in [0, 0.05) is 17.1 Å². The third-order valence-corrected chi connectivity index (χ3v) is 6.75. The fourth-order valence-corrected chi connectivity index (χ4v) is 4.75. The van der Waals surface area contributed by atoms with Gasteiger partial charge in [-0.1, -0.05) is 47.6 Å². The van der Waals surface area contributed by atoms with Gasteiger partial charge in [-0.25, -0.2) is 4.99 Å². The summed E-state index contributed by atoms with van der Waals surface area (Å²) in [6.45, 7) is 0.281. The van der Waals surface area contributed by atoms with E-state index in [-0.39, 0.29) is 24.8 Å². The number of aliphatic imine (C=N–C) groups is 1. The Morgan fingerprint density at radius 1 is 1.06 bits per heavy atom. The number of anilines is 1. The number of amidine groups is 1. The van der Waals surface area contributed by atoms with Crippen LogP contribution in [0.5, 0.6) is 11.5 Å². The Hall–Kier alpha value is -3.49. The molecule has 0 bridgehead atoms. The van der Waals surface area contributed by atoms with Crippen LogP contribution in [0.2, 0.25) is 5.02 Å². The topological polar surface area (TPSA) is 80.2 Å². The van der Waals surface area contributed by atoms with E-state index in [9.17, 15) is 9.59 Å². The van der Waals surface area contributed by atoms with Crippen molar-refractivity contribution in [2.45, 2.75) is 18.2 Å². The number of benzene rings is 3. The first kappa shape index (κ1) is 24.6. The minimum atomic E-state index is -0.623. The molecule has 0 spiro atoms. The monoisotopic (exact) mass is 509 g/mol. The molecule has 9 heteroatoms. The predicted molar refractivity (Wildman–Crippen MR) is 140 cm³/mol. The van der Waals surface area contributed by atoms with Crippen LogP contribution in [0.4, 0.5) is 11.4 Å². The van der Waals surface area contributed by atoms with Crippen LogP contribution in [-0.2, 0) is 16.1 Å². The van der Waals surface area contributed by atoms with Crippen molar-refractivity contribution < 1.29 is 19.1 Å². The second kappa shape index (κ2) is 11.3. The number of para-hydroxylation sites is 1. The van der Waals surface area contributed by atoms with Gasteiger partial charge in [0.25, 0.3) is 0 Å². The van der Waals surface area contributed by atoms with E-state index in [2.05, 4.69) is 5.32 Å². The van der Waals surface area contributed by atoms with Crippen LogP contribution in [0.25, 0.3) is 0 Å². The molecule has 1 aliphatic heterocycles. The van der Waals surface area contributed by atoms with Crippen molar-refractivity contribution >= 4 is 51.7 Å². The van der Waals surface area contributed by atoms with Crippen molar-refractivity contribution in [3.8, 4) is 11.5 Å². The number of carbonyl (C=O) groups excluding carboxylic acids is 2. The number of rotatable bonds is 7. The van der Waals surface area contributed by atoms with Crippen LogP contribution in [-0.4, -0.2) is 41.4 Å². The molecule has 180 valence electrons. The molecule has 1 saturated heterocycles. The summed E-state index contributed by atoms with van der Waals surface area (Å²) in [6.07, 6.45) is 0.0468. The summed E-state index contributed by atoms with van der Waals surface area (Å²) in [6, 6.07) is 21.7. The van der Waals surface area contributed by atoms with Crippen LogP contribution in [0.1, 0.15) is 12.0 Å². The Morgan fingerprint density at radius 3 is 2.46 bits per heavy atom. The molecule has 35 heavy (non-hydrogen) atoms. The van der Waals surface area contributed by atoms with Crippen LogP contribution >= 0.6 is 23.4 Å². The van der Waals surface area contributed by atoms with Gasteiger partial charge >= 0.3 is 0 Å². The molecule has 0 saturated carbocycles. The highest BCUT2D eigenvalue weighted by Gasteiger charge is 2.36. The molecule has 1 heterocycles. The van der Waals surface area contributed by atoms with E-state index in [0.29, 0.717) is 33.1 Å². The molecule has 0 aliphatic carbocycles. The molecule has 1 aliphatic rings. The predicted octanol–water partition coefficient (Wildman–Crippen LogP) is 5.52. The third-order valence-electron chi connectivity index (χ3n) is 5.31. The van der Waals surface area contributed by atoms with Gasteiger partial charge in [0.05, 0.1) is 26.5 Å². The lowest BCUT2D eigenvalue weighted by Gasteiger charge is -2.32. The van der Waals surface area contributed by atoms with Crippen LogP contribution in [0.15, 0.2) is 77.8 Å². The first-order valence-corrected chi connectivity index (χ1v) is 12.1. The van der Waals surface area contributed by atoms with Crippen molar-refractivity contribution in [1.29, 1.82) is 0 Å². The lowest BCUT2D eigenvalue weighted by atomic mass is 10.1. The molecule has 1 fully saturated rings. The maximum Gasteiger partial charge on any atom is 0.238 e. The first-order chi connectivity index (χ1) is 17.0. The molecule has 0 radical (unpaired) electrons. The lowest BCUT2D eigenvalue weighted by molar-refractivity contribution is -0.129. The van der Waals surface area contributed by atoms with Gasteiger partial charge in [-0.05, 0) is 54.1 Å². The van der Waals surface area contributed by atoms with Crippen LogP contribution in [0, 0.1) is 0 Å². The molecule has 3 aromatic rings. The zero-order valence-corrected chi connectivity index (χ0v) is 20.8. The zero-order valence-electron chi connectivity index (χ0n) is 19.2. The summed E-state index contributed by atoms with van der Waals surface area (Å²) in [5.41, 5.74) is 2.15. The van der Waals surface area contributed by atoms with E-state index in [1.807, 2.05) is 42.5 Å². The molecule has 1 N–H and O–H groups in total. The lowest BCUT2D eigenvalue weighted by Crippen LogP contribution is -2.44. The van der Waals surface area contributed by atoms with Gasteiger partial charge in [-0.15, -0.1) is 0 Å². The van der Waals surface area contributed by atoms with E-state index in [1.165, 1.54) is 11.8 Å². The van der Waals surface area contributed by atoms with Crippen molar-refractivity contribution in [2.24, 2.45) is 4.99 Å². The van der Waals surface area contributed by atoms with E-state index in [0.717, 1.165) is 5.56 Å². The fourth-order valence-electron chi connectivity index (χ4n) is 3.53. The third kappa shape index (κ3) is 6.15. The minimum Gasteiger partial charge on any atom is -0.493 e. The molecule has 4 rings (SSSR count). The van der Waals surface area contributed by atoms with Gasteiger partial charge in [-0.2, -0.15) is 0 Å². The molecule has 7 nitrogen and oxygen atoms in total. The number of ether oxygens (including phenoxy) is 2. The molecular weight excluding hydrogens is 486 g/mol. The number of hydrogen-bond acceptors (Lipinski definition) is 6. The maximum absolute atomic E-state index is 13.3. The number of methoxy groups -OCH3 is 2. The van der Waals surface area contributed by atoms with Crippen LogP contribution < -0.4 is 14.8 Å². The summed E-state index contributed by atoms with van der Waals surface area (Å²) in [5.74, 6) is 0.721. The van der Waals surface area contributed by atoms with E-state index in [1.54, 1.807) is 49.5 Å². The van der Waals surface area contributed by atoms with Gasteiger partial charge < -0.3 is 14.8 Å². The Bertz CT molecular complexity index is 1240. The van der Waals surface area contributed by atoms with Gasteiger partial charge in [0.1, 0.15) is 5.25 Å². The van der Waals surface area contributed by atoms with Crippen molar-refractivity contribution in [1.82, 2.24) is 4.90 Å². The number of nitrogens with zero attached hydrogens (tertiary/aromatic N) is 2. The highest BCUT2D eigenvalue weighted by atomic mass is 35.5. The maximum atomic E-state index is 13.3. The van der Waals surface area contributed by atoms with E-state index < -0.39 is 5.25 Å². The summed E-state index contributed by atoms with van der Waals surface area (Å²) in [4.78, 5) is 32.6.